The minimum atomic E-state index is -0.951. The van der Waals surface area contributed by atoms with Gasteiger partial charge in [-0.05, 0) is 16.7 Å². The largest absolute Gasteiger partial charge is 0.357 e. The molecule has 0 unspecified atom stereocenters. The lowest BCUT2D eigenvalue weighted by molar-refractivity contribution is -0.126. The van der Waals surface area contributed by atoms with Crippen LogP contribution in [0.5, 0.6) is 0 Å². The van der Waals surface area contributed by atoms with Crippen molar-refractivity contribution in [2.45, 2.75) is 12.1 Å². The molecule has 0 heterocycles. The number of nitrogens with one attached hydrogen (secondary N) is 2. The molecule has 3 aromatic carbocycles. The van der Waals surface area contributed by atoms with Crippen LogP contribution in [0.2, 0.25) is 0 Å². The smallest absolute Gasteiger partial charge is 0.249 e. The van der Waals surface area contributed by atoms with Crippen LogP contribution in [0.4, 0.5) is 0 Å². The van der Waals surface area contributed by atoms with Crippen LogP contribution < -0.4 is 10.6 Å². The molecule has 0 bridgehead atoms. The molecule has 3 nitrogen and oxygen atoms in total. The van der Waals surface area contributed by atoms with Crippen LogP contribution in [-0.4, -0.2) is 13.0 Å². The van der Waals surface area contributed by atoms with Crippen molar-refractivity contribution in [3.63, 3.8) is 0 Å². The summed E-state index contributed by atoms with van der Waals surface area (Å²) >= 11 is 0. The molecule has 0 aliphatic heterocycles. The second-order valence-electron chi connectivity index (χ2n) is 5.90. The average Bonchev–Trinajstić information content (AvgIpc) is 2.70. The molecule has 2 N–H and O–H groups in total. The highest BCUT2D eigenvalue weighted by Crippen LogP contribution is 2.30. The molecule has 0 saturated carbocycles. The van der Waals surface area contributed by atoms with Gasteiger partial charge in [0.05, 0.1) is 0 Å². The van der Waals surface area contributed by atoms with Gasteiger partial charge in [-0.3, -0.25) is 10.1 Å². The van der Waals surface area contributed by atoms with E-state index in [-0.39, 0.29) is 5.91 Å². The molecule has 0 saturated heterocycles. The van der Waals surface area contributed by atoms with Gasteiger partial charge in [0, 0.05) is 13.6 Å². The Balaban J connectivity index is 2.10. The number of carbonyl (C=O) groups excluding carboxylic acids is 1. The summed E-state index contributed by atoms with van der Waals surface area (Å²) < 4.78 is 0. The number of likely N-dealkylation sites (N-methyl/N-ethyl adjacent to an activating group) is 1. The van der Waals surface area contributed by atoms with Crippen molar-refractivity contribution in [2.75, 3.05) is 7.05 Å². The van der Waals surface area contributed by atoms with E-state index >= 15 is 0 Å². The minimum absolute atomic E-state index is 0.0826. The number of amides is 1. The molecule has 0 aromatic heterocycles. The minimum Gasteiger partial charge on any atom is -0.357 e. The van der Waals surface area contributed by atoms with Crippen molar-refractivity contribution in [2.24, 2.45) is 0 Å². The van der Waals surface area contributed by atoms with Gasteiger partial charge in [-0.15, -0.1) is 0 Å². The van der Waals surface area contributed by atoms with Crippen LogP contribution in [0.1, 0.15) is 16.7 Å². The van der Waals surface area contributed by atoms with Gasteiger partial charge in [-0.25, -0.2) is 0 Å². The molecule has 0 aliphatic rings. The predicted octanol–water partition coefficient (Wildman–Crippen LogP) is 3.47. The van der Waals surface area contributed by atoms with Crippen LogP contribution in [0, 0.1) is 0 Å². The lowest BCUT2D eigenvalue weighted by atomic mass is 9.81. The molecule has 0 fully saturated rings. The van der Waals surface area contributed by atoms with Crippen molar-refractivity contribution in [1.82, 2.24) is 10.6 Å². The molecular weight excluding hydrogens is 308 g/mol. The van der Waals surface area contributed by atoms with Gasteiger partial charge >= 0.3 is 0 Å². The summed E-state index contributed by atoms with van der Waals surface area (Å²) in [4.78, 5) is 13.1. The van der Waals surface area contributed by atoms with E-state index in [1.807, 2.05) is 78.9 Å². The van der Waals surface area contributed by atoms with E-state index < -0.39 is 5.54 Å². The van der Waals surface area contributed by atoms with E-state index in [0.29, 0.717) is 6.54 Å². The Labute approximate surface area is 148 Å². The molecule has 25 heavy (non-hydrogen) atoms. The Hall–Kier alpha value is -2.91. The third kappa shape index (κ3) is 3.47. The van der Waals surface area contributed by atoms with Crippen LogP contribution in [0.15, 0.2) is 91.0 Å². The summed E-state index contributed by atoms with van der Waals surface area (Å²) in [5.74, 6) is -0.0826. The van der Waals surface area contributed by atoms with E-state index in [4.69, 9.17) is 0 Å². The molecule has 126 valence electrons. The topological polar surface area (TPSA) is 41.1 Å². The fourth-order valence-electron chi connectivity index (χ4n) is 3.11. The van der Waals surface area contributed by atoms with Crippen LogP contribution in [-0.2, 0) is 16.9 Å². The maximum Gasteiger partial charge on any atom is 0.249 e. The monoisotopic (exact) mass is 330 g/mol. The highest BCUT2D eigenvalue weighted by Gasteiger charge is 2.40. The molecule has 1 amide bonds. The average molecular weight is 330 g/mol. The predicted molar refractivity (Wildman–Crippen MR) is 101 cm³/mol. The third-order valence-corrected chi connectivity index (χ3v) is 4.38. The Morgan fingerprint density at radius 2 is 1.20 bits per heavy atom. The summed E-state index contributed by atoms with van der Waals surface area (Å²) in [7, 11) is 1.67. The SMILES string of the molecule is CNC(=O)C(NCc1ccccc1)(c1ccccc1)c1ccccc1. The molecule has 0 radical (unpaired) electrons. The Kier molecular flexibility index (Phi) is 5.26. The van der Waals surface area contributed by atoms with Crippen LogP contribution >= 0.6 is 0 Å². The first-order valence-electron chi connectivity index (χ1n) is 8.39. The Morgan fingerprint density at radius 3 is 1.64 bits per heavy atom. The lowest BCUT2D eigenvalue weighted by Gasteiger charge is -2.34. The number of hydrogen-bond donors (Lipinski definition) is 2. The van der Waals surface area contributed by atoms with E-state index in [9.17, 15) is 4.79 Å². The summed E-state index contributed by atoms with van der Waals surface area (Å²) in [6.45, 7) is 0.581. The van der Waals surface area contributed by atoms with Gasteiger partial charge in [0.1, 0.15) is 5.54 Å². The third-order valence-electron chi connectivity index (χ3n) is 4.38. The van der Waals surface area contributed by atoms with Gasteiger partial charge in [-0.2, -0.15) is 0 Å². The summed E-state index contributed by atoms with van der Waals surface area (Å²) in [6.07, 6.45) is 0. The van der Waals surface area contributed by atoms with E-state index in [1.54, 1.807) is 7.05 Å². The Morgan fingerprint density at radius 1 is 0.760 bits per heavy atom. The summed E-state index contributed by atoms with van der Waals surface area (Å²) in [6, 6.07) is 29.8. The van der Waals surface area contributed by atoms with Crippen molar-refractivity contribution < 1.29 is 4.79 Å². The summed E-state index contributed by atoms with van der Waals surface area (Å²) in [5.41, 5.74) is 2.00. The lowest BCUT2D eigenvalue weighted by Crippen LogP contribution is -2.54. The first kappa shape index (κ1) is 16.9. The second-order valence-corrected chi connectivity index (χ2v) is 5.90. The van der Waals surface area contributed by atoms with Gasteiger partial charge in [0.2, 0.25) is 5.91 Å². The maximum absolute atomic E-state index is 13.1. The zero-order chi connectivity index (χ0) is 17.5. The molecule has 3 aromatic rings. The fraction of sp³-hybridized carbons (Fsp3) is 0.136. The molecule has 0 atom stereocenters. The normalized spacial score (nSPS) is 11.1. The molecule has 3 rings (SSSR count). The zero-order valence-corrected chi connectivity index (χ0v) is 14.3. The van der Waals surface area contributed by atoms with Gasteiger partial charge < -0.3 is 5.32 Å². The summed E-state index contributed by atoms with van der Waals surface area (Å²) in [5, 5.41) is 6.36. The quantitative estimate of drug-likeness (QED) is 0.727. The second kappa shape index (κ2) is 7.77. The fourth-order valence-corrected chi connectivity index (χ4v) is 3.11. The number of benzene rings is 3. The van der Waals surface area contributed by atoms with Crippen LogP contribution in [0.3, 0.4) is 0 Å². The first-order chi connectivity index (χ1) is 12.3. The van der Waals surface area contributed by atoms with Crippen LogP contribution in [0.25, 0.3) is 0 Å². The van der Waals surface area contributed by atoms with Gasteiger partial charge in [0.15, 0.2) is 0 Å². The zero-order valence-electron chi connectivity index (χ0n) is 14.3. The van der Waals surface area contributed by atoms with Crippen molar-refractivity contribution in [3.05, 3.63) is 108 Å². The number of carbonyl (C=O) groups is 1. The van der Waals surface area contributed by atoms with Crippen molar-refractivity contribution in [1.29, 1.82) is 0 Å². The highest BCUT2D eigenvalue weighted by molar-refractivity contribution is 5.91. The van der Waals surface area contributed by atoms with E-state index in [2.05, 4.69) is 22.8 Å². The maximum atomic E-state index is 13.1. The number of rotatable bonds is 6. The highest BCUT2D eigenvalue weighted by atomic mass is 16.2. The van der Waals surface area contributed by atoms with Crippen molar-refractivity contribution in [3.8, 4) is 0 Å². The van der Waals surface area contributed by atoms with E-state index in [1.165, 1.54) is 0 Å². The molecular formula is C22H22N2O. The first-order valence-corrected chi connectivity index (χ1v) is 8.39. The van der Waals surface area contributed by atoms with Gasteiger partial charge in [-0.1, -0.05) is 91.0 Å². The van der Waals surface area contributed by atoms with Crippen molar-refractivity contribution >= 4 is 5.91 Å². The Bertz CT molecular complexity index is 762. The molecule has 0 spiro atoms. The molecule has 3 heteroatoms. The number of hydrogen-bond acceptors (Lipinski definition) is 2. The standard InChI is InChI=1S/C22H22N2O/c1-23-21(25)22(19-13-7-3-8-14-19,20-15-9-4-10-16-20)24-17-18-11-5-2-6-12-18/h2-16,24H,17H2,1H3,(H,23,25). The molecule has 0 aliphatic carbocycles. The van der Waals surface area contributed by atoms with Gasteiger partial charge in [0.25, 0.3) is 0 Å². The van der Waals surface area contributed by atoms with E-state index in [0.717, 1.165) is 16.7 Å².